The standard InChI is InChI=1S/C8H12N4/c1-6(2)8-11-7(9)4-5-12(8)10-3/h4-5H,3H2,1-2H3,(H2,9,11). The van der Waals surface area contributed by atoms with Gasteiger partial charge in [0.2, 0.25) is 0 Å². The summed E-state index contributed by atoms with van der Waals surface area (Å²) in [6, 6.07) is 0. The Hall–Kier alpha value is -1.58. The molecule has 0 unspecified atom stereocenters. The third-order valence-electron chi connectivity index (χ3n) is 1.49. The summed E-state index contributed by atoms with van der Waals surface area (Å²) >= 11 is 0. The normalized spacial score (nSPS) is 16.0. The van der Waals surface area contributed by atoms with Gasteiger partial charge < -0.3 is 5.32 Å². The molecule has 0 bridgehead atoms. The summed E-state index contributed by atoms with van der Waals surface area (Å²) in [6.45, 7) is 7.32. The van der Waals surface area contributed by atoms with Crippen LogP contribution in [0.25, 0.3) is 0 Å². The molecular formula is C8H12N4. The topological polar surface area (TPSA) is 51.5 Å². The fourth-order valence-corrected chi connectivity index (χ4v) is 0.918. The molecule has 1 heterocycles. The average molecular weight is 164 g/mol. The maximum atomic E-state index is 7.36. The van der Waals surface area contributed by atoms with Gasteiger partial charge in [-0.15, -0.1) is 0 Å². The Morgan fingerprint density at radius 2 is 2.33 bits per heavy atom. The van der Waals surface area contributed by atoms with Gasteiger partial charge in [-0.25, -0.2) is 5.01 Å². The van der Waals surface area contributed by atoms with Crippen LogP contribution >= 0.6 is 0 Å². The van der Waals surface area contributed by atoms with E-state index in [0.29, 0.717) is 5.84 Å². The number of nitrogens with one attached hydrogen (secondary N) is 2. The highest BCUT2D eigenvalue weighted by atomic mass is 15.5. The average Bonchev–Trinajstić information content (AvgIpc) is 2.04. The molecule has 0 spiro atoms. The van der Waals surface area contributed by atoms with Crippen LogP contribution in [0, 0.1) is 5.41 Å². The molecular weight excluding hydrogens is 152 g/mol. The molecule has 0 aromatic rings. The summed E-state index contributed by atoms with van der Waals surface area (Å²) in [5, 5.41) is 15.6. The van der Waals surface area contributed by atoms with Crippen molar-refractivity contribution in [3.8, 4) is 0 Å². The fourth-order valence-electron chi connectivity index (χ4n) is 0.918. The molecule has 0 aliphatic carbocycles. The van der Waals surface area contributed by atoms with Crippen LogP contribution in [-0.4, -0.2) is 17.6 Å². The molecule has 0 saturated carbocycles. The van der Waals surface area contributed by atoms with E-state index in [-0.39, 0.29) is 0 Å². The van der Waals surface area contributed by atoms with E-state index in [2.05, 4.69) is 17.1 Å². The SMILES string of the molecule is C=NN1C=CC(=N)NC1=C(C)C. The van der Waals surface area contributed by atoms with Gasteiger partial charge in [-0.05, 0) is 25.5 Å². The first kappa shape index (κ1) is 8.52. The lowest BCUT2D eigenvalue weighted by Crippen LogP contribution is -2.33. The van der Waals surface area contributed by atoms with E-state index in [0.717, 1.165) is 11.4 Å². The molecule has 1 aliphatic heterocycles. The minimum atomic E-state index is 0.367. The number of hydrogen-bond donors (Lipinski definition) is 2. The van der Waals surface area contributed by atoms with Crippen molar-refractivity contribution in [2.75, 3.05) is 0 Å². The van der Waals surface area contributed by atoms with E-state index >= 15 is 0 Å². The highest BCUT2D eigenvalue weighted by Gasteiger charge is 2.11. The largest absolute Gasteiger partial charge is 0.325 e. The quantitative estimate of drug-likeness (QED) is 0.573. The molecule has 0 fully saturated rings. The second kappa shape index (κ2) is 3.21. The molecule has 64 valence electrons. The van der Waals surface area contributed by atoms with E-state index in [1.54, 1.807) is 17.3 Å². The second-order valence-corrected chi connectivity index (χ2v) is 2.69. The third kappa shape index (κ3) is 1.53. The Balaban J connectivity index is 3.01. The summed E-state index contributed by atoms with van der Waals surface area (Å²) in [5.41, 5.74) is 1.07. The molecule has 0 radical (unpaired) electrons. The lowest BCUT2D eigenvalue weighted by molar-refractivity contribution is 0.465. The number of hydrazone groups is 1. The van der Waals surface area contributed by atoms with Crippen molar-refractivity contribution in [2.24, 2.45) is 5.10 Å². The van der Waals surface area contributed by atoms with Crippen LogP contribution in [0.5, 0.6) is 0 Å². The number of allylic oxidation sites excluding steroid dienone is 1. The van der Waals surface area contributed by atoms with E-state index in [4.69, 9.17) is 5.41 Å². The van der Waals surface area contributed by atoms with Gasteiger partial charge in [0.25, 0.3) is 0 Å². The number of nitrogens with zero attached hydrogens (tertiary/aromatic N) is 2. The monoisotopic (exact) mass is 164 g/mol. The highest BCUT2D eigenvalue weighted by molar-refractivity contribution is 5.92. The minimum Gasteiger partial charge on any atom is -0.325 e. The van der Waals surface area contributed by atoms with Crippen molar-refractivity contribution in [1.82, 2.24) is 10.3 Å². The molecule has 4 heteroatoms. The smallest absolute Gasteiger partial charge is 0.131 e. The van der Waals surface area contributed by atoms with Gasteiger partial charge in [-0.2, -0.15) is 5.10 Å². The van der Waals surface area contributed by atoms with Crippen molar-refractivity contribution in [2.45, 2.75) is 13.8 Å². The number of amidine groups is 1. The lowest BCUT2D eigenvalue weighted by atomic mass is 10.3. The first-order chi connectivity index (χ1) is 5.65. The van der Waals surface area contributed by atoms with Gasteiger partial charge in [-0.3, -0.25) is 5.41 Å². The first-order valence-corrected chi connectivity index (χ1v) is 3.62. The Kier molecular flexibility index (Phi) is 2.28. The zero-order chi connectivity index (χ0) is 9.14. The van der Waals surface area contributed by atoms with Crippen LogP contribution in [0.1, 0.15) is 13.8 Å². The van der Waals surface area contributed by atoms with E-state index < -0.39 is 0 Å². The molecule has 0 amide bonds. The number of rotatable bonds is 1. The summed E-state index contributed by atoms with van der Waals surface area (Å²) < 4.78 is 0. The van der Waals surface area contributed by atoms with Gasteiger partial charge in [0.05, 0.1) is 0 Å². The van der Waals surface area contributed by atoms with Crippen LogP contribution in [0.4, 0.5) is 0 Å². The Labute approximate surface area is 71.8 Å². The van der Waals surface area contributed by atoms with Crippen molar-refractivity contribution in [1.29, 1.82) is 5.41 Å². The van der Waals surface area contributed by atoms with Crippen LogP contribution in [0.3, 0.4) is 0 Å². The number of hydrogen-bond acceptors (Lipinski definition) is 3. The Bertz CT molecular complexity index is 271. The zero-order valence-corrected chi connectivity index (χ0v) is 7.26. The van der Waals surface area contributed by atoms with Crippen molar-refractivity contribution < 1.29 is 0 Å². The zero-order valence-electron chi connectivity index (χ0n) is 7.26. The van der Waals surface area contributed by atoms with Gasteiger partial charge >= 0.3 is 0 Å². The van der Waals surface area contributed by atoms with Crippen LogP contribution in [0.15, 0.2) is 28.8 Å². The van der Waals surface area contributed by atoms with E-state index in [9.17, 15) is 0 Å². The Morgan fingerprint density at radius 3 is 2.83 bits per heavy atom. The summed E-state index contributed by atoms with van der Waals surface area (Å²) in [5.74, 6) is 1.17. The third-order valence-corrected chi connectivity index (χ3v) is 1.49. The van der Waals surface area contributed by atoms with Gasteiger partial charge in [0.1, 0.15) is 11.7 Å². The first-order valence-electron chi connectivity index (χ1n) is 3.62. The van der Waals surface area contributed by atoms with Crippen molar-refractivity contribution in [3.05, 3.63) is 23.7 Å². The lowest BCUT2D eigenvalue weighted by Gasteiger charge is -2.24. The van der Waals surface area contributed by atoms with Crippen LogP contribution in [0.2, 0.25) is 0 Å². The molecule has 0 saturated heterocycles. The summed E-state index contributed by atoms with van der Waals surface area (Å²) in [4.78, 5) is 0. The molecule has 0 aromatic heterocycles. The minimum absolute atomic E-state index is 0.367. The molecule has 0 aromatic carbocycles. The summed E-state index contributed by atoms with van der Waals surface area (Å²) in [6.07, 6.45) is 3.33. The van der Waals surface area contributed by atoms with Crippen LogP contribution in [-0.2, 0) is 0 Å². The van der Waals surface area contributed by atoms with Gasteiger partial charge in [-0.1, -0.05) is 0 Å². The maximum Gasteiger partial charge on any atom is 0.131 e. The van der Waals surface area contributed by atoms with E-state index in [1.165, 1.54) is 0 Å². The Morgan fingerprint density at radius 1 is 1.67 bits per heavy atom. The van der Waals surface area contributed by atoms with Gasteiger partial charge in [0, 0.05) is 12.9 Å². The molecule has 2 N–H and O–H groups in total. The second-order valence-electron chi connectivity index (χ2n) is 2.69. The molecule has 4 nitrogen and oxygen atoms in total. The predicted molar refractivity (Wildman–Crippen MR) is 49.8 cm³/mol. The molecule has 1 aliphatic rings. The van der Waals surface area contributed by atoms with Crippen LogP contribution < -0.4 is 5.32 Å². The summed E-state index contributed by atoms with van der Waals surface area (Å²) in [7, 11) is 0. The molecule has 1 rings (SSSR count). The molecule has 12 heavy (non-hydrogen) atoms. The van der Waals surface area contributed by atoms with Crippen molar-refractivity contribution >= 4 is 12.6 Å². The van der Waals surface area contributed by atoms with Gasteiger partial charge in [0.15, 0.2) is 0 Å². The fraction of sp³-hybridized carbons (Fsp3) is 0.250. The predicted octanol–water partition coefficient (Wildman–Crippen LogP) is 1.25. The highest BCUT2D eigenvalue weighted by Crippen LogP contribution is 2.11. The maximum absolute atomic E-state index is 7.36. The van der Waals surface area contributed by atoms with E-state index in [1.807, 2.05) is 13.8 Å². The molecule has 0 atom stereocenters. The van der Waals surface area contributed by atoms with Crippen molar-refractivity contribution in [3.63, 3.8) is 0 Å².